The van der Waals surface area contributed by atoms with Crippen molar-refractivity contribution in [1.29, 1.82) is 0 Å². The van der Waals surface area contributed by atoms with Crippen molar-refractivity contribution in [2.24, 2.45) is 7.05 Å². The van der Waals surface area contributed by atoms with Crippen LogP contribution in [-0.2, 0) is 11.8 Å². The number of rotatable bonds is 6. The first-order valence-corrected chi connectivity index (χ1v) is 12.7. The van der Waals surface area contributed by atoms with Gasteiger partial charge in [-0.3, -0.25) is 9.58 Å². The SMILES string of the molecule is CCOc1cc(-c2ccc(-c3ccc(C4CN(C5CCOCC5)C4)nn3)c(O)c2)cc2cn(C)nc12. The summed E-state index contributed by atoms with van der Waals surface area (Å²) in [5, 5.41) is 25.4. The van der Waals surface area contributed by atoms with Gasteiger partial charge < -0.3 is 14.6 Å². The summed E-state index contributed by atoms with van der Waals surface area (Å²) in [6.45, 7) is 6.32. The van der Waals surface area contributed by atoms with Crippen molar-refractivity contribution >= 4 is 10.9 Å². The van der Waals surface area contributed by atoms with E-state index in [0.717, 1.165) is 72.6 Å². The van der Waals surface area contributed by atoms with Gasteiger partial charge in [-0.05, 0) is 67.3 Å². The summed E-state index contributed by atoms with van der Waals surface area (Å²) in [7, 11) is 1.90. The first kappa shape index (κ1) is 22.9. The normalized spacial score (nSPS) is 17.4. The summed E-state index contributed by atoms with van der Waals surface area (Å²) in [5.41, 5.74) is 5.05. The van der Waals surface area contributed by atoms with E-state index in [9.17, 15) is 5.11 Å². The lowest BCUT2D eigenvalue weighted by Crippen LogP contribution is -2.52. The summed E-state index contributed by atoms with van der Waals surface area (Å²) in [5.74, 6) is 1.34. The van der Waals surface area contributed by atoms with Crippen molar-refractivity contribution in [3.05, 3.63) is 54.4 Å². The molecular formula is C28H31N5O3. The monoisotopic (exact) mass is 485 g/mol. The van der Waals surface area contributed by atoms with Gasteiger partial charge in [-0.15, -0.1) is 0 Å². The van der Waals surface area contributed by atoms with Crippen LogP contribution in [0.25, 0.3) is 33.3 Å². The zero-order valence-electron chi connectivity index (χ0n) is 20.7. The summed E-state index contributed by atoms with van der Waals surface area (Å²) in [6, 6.07) is 14.4. The molecule has 186 valence electrons. The third-order valence-corrected chi connectivity index (χ3v) is 7.32. The summed E-state index contributed by atoms with van der Waals surface area (Å²) >= 11 is 0. The van der Waals surface area contributed by atoms with Gasteiger partial charge in [0.05, 0.1) is 18.0 Å². The van der Waals surface area contributed by atoms with Gasteiger partial charge in [0.2, 0.25) is 0 Å². The van der Waals surface area contributed by atoms with E-state index in [4.69, 9.17) is 9.47 Å². The smallest absolute Gasteiger partial charge is 0.147 e. The molecule has 1 N–H and O–H groups in total. The Labute approximate surface area is 210 Å². The molecule has 0 unspecified atom stereocenters. The van der Waals surface area contributed by atoms with E-state index in [1.807, 2.05) is 50.5 Å². The number of ether oxygens (including phenoxy) is 2. The third kappa shape index (κ3) is 4.31. The van der Waals surface area contributed by atoms with Gasteiger partial charge in [0.15, 0.2) is 0 Å². The van der Waals surface area contributed by atoms with Crippen molar-refractivity contribution in [2.75, 3.05) is 32.9 Å². The molecule has 2 saturated heterocycles. The van der Waals surface area contributed by atoms with Crippen molar-refractivity contribution in [3.63, 3.8) is 0 Å². The van der Waals surface area contributed by atoms with Crippen LogP contribution in [0.1, 0.15) is 31.4 Å². The van der Waals surface area contributed by atoms with Crippen molar-refractivity contribution in [1.82, 2.24) is 24.9 Å². The van der Waals surface area contributed by atoms with Crippen LogP contribution in [0.3, 0.4) is 0 Å². The van der Waals surface area contributed by atoms with Gasteiger partial charge >= 0.3 is 0 Å². The van der Waals surface area contributed by atoms with Crippen LogP contribution >= 0.6 is 0 Å². The third-order valence-electron chi connectivity index (χ3n) is 7.32. The van der Waals surface area contributed by atoms with Gasteiger partial charge in [-0.1, -0.05) is 6.07 Å². The Morgan fingerprint density at radius 3 is 2.58 bits per heavy atom. The first-order valence-electron chi connectivity index (χ1n) is 12.7. The van der Waals surface area contributed by atoms with E-state index in [2.05, 4.69) is 26.3 Å². The van der Waals surface area contributed by atoms with Crippen LogP contribution in [0.2, 0.25) is 0 Å². The molecule has 0 aliphatic carbocycles. The highest BCUT2D eigenvalue weighted by molar-refractivity contribution is 5.90. The number of hydrogen-bond donors (Lipinski definition) is 1. The Hall–Kier alpha value is -3.49. The van der Waals surface area contributed by atoms with Crippen molar-refractivity contribution in [2.45, 2.75) is 31.7 Å². The number of aromatic hydroxyl groups is 1. The minimum Gasteiger partial charge on any atom is -0.507 e. The zero-order chi connectivity index (χ0) is 24.6. The number of aryl methyl sites for hydroxylation is 1. The molecule has 2 aliphatic rings. The van der Waals surface area contributed by atoms with E-state index < -0.39 is 0 Å². The molecule has 0 radical (unpaired) electrons. The average molecular weight is 486 g/mol. The molecule has 36 heavy (non-hydrogen) atoms. The molecule has 4 aromatic rings. The molecule has 2 aromatic carbocycles. The molecule has 0 bridgehead atoms. The number of nitrogens with zero attached hydrogens (tertiary/aromatic N) is 5. The second-order valence-corrected chi connectivity index (χ2v) is 9.72. The van der Waals surface area contributed by atoms with Crippen LogP contribution in [-0.4, -0.2) is 68.9 Å². The maximum absolute atomic E-state index is 10.9. The number of phenols is 1. The Kier molecular flexibility index (Phi) is 6.07. The molecule has 0 spiro atoms. The minimum atomic E-state index is 0.174. The lowest BCUT2D eigenvalue weighted by molar-refractivity contribution is 0.000892. The quantitative estimate of drug-likeness (QED) is 0.434. The molecule has 0 saturated carbocycles. The van der Waals surface area contributed by atoms with Crippen LogP contribution in [0, 0.1) is 0 Å². The first-order chi connectivity index (χ1) is 17.6. The Morgan fingerprint density at radius 2 is 1.86 bits per heavy atom. The minimum absolute atomic E-state index is 0.174. The highest BCUT2D eigenvalue weighted by Gasteiger charge is 2.34. The molecule has 2 aromatic heterocycles. The van der Waals surface area contributed by atoms with Crippen LogP contribution < -0.4 is 4.74 Å². The molecule has 8 nitrogen and oxygen atoms in total. The number of fused-ring (bicyclic) bond motifs is 1. The highest BCUT2D eigenvalue weighted by Crippen LogP contribution is 2.37. The summed E-state index contributed by atoms with van der Waals surface area (Å²) in [6.07, 6.45) is 4.21. The molecular weight excluding hydrogens is 454 g/mol. The van der Waals surface area contributed by atoms with E-state index in [1.165, 1.54) is 0 Å². The molecule has 2 aliphatic heterocycles. The second-order valence-electron chi connectivity index (χ2n) is 9.72. The predicted octanol–water partition coefficient (Wildman–Crippen LogP) is 4.38. The van der Waals surface area contributed by atoms with Gasteiger partial charge in [0.1, 0.15) is 17.0 Å². The van der Waals surface area contributed by atoms with E-state index >= 15 is 0 Å². The van der Waals surface area contributed by atoms with E-state index in [0.29, 0.717) is 29.8 Å². The standard InChI is InChI=1S/C28H31N5O3/c1-3-36-27-14-19(12-20-15-32(2)31-28(20)27)18-4-5-23(26(34)13-18)25-7-6-24(29-30-25)21-16-33(17-21)22-8-10-35-11-9-22/h4-7,12-15,21-22,34H,3,8-11,16-17H2,1-2H3. The van der Waals surface area contributed by atoms with Crippen LogP contribution in [0.15, 0.2) is 48.7 Å². The lowest BCUT2D eigenvalue weighted by atomic mass is 9.91. The number of phenolic OH excluding ortho intramolecular Hbond substituents is 1. The predicted molar refractivity (Wildman–Crippen MR) is 138 cm³/mol. The number of likely N-dealkylation sites (tertiary alicyclic amines) is 1. The Morgan fingerprint density at radius 1 is 1.03 bits per heavy atom. The van der Waals surface area contributed by atoms with Gasteiger partial charge in [0.25, 0.3) is 0 Å². The molecule has 4 heterocycles. The molecule has 6 rings (SSSR count). The maximum Gasteiger partial charge on any atom is 0.147 e. The zero-order valence-corrected chi connectivity index (χ0v) is 20.7. The molecule has 2 fully saturated rings. The van der Waals surface area contributed by atoms with Crippen molar-refractivity contribution < 1.29 is 14.6 Å². The number of hydrogen-bond acceptors (Lipinski definition) is 7. The van der Waals surface area contributed by atoms with Gasteiger partial charge in [0, 0.05) is 62.5 Å². The average Bonchev–Trinajstić information content (AvgIpc) is 3.25. The van der Waals surface area contributed by atoms with E-state index in [1.54, 1.807) is 10.7 Å². The Bertz CT molecular complexity index is 1370. The summed E-state index contributed by atoms with van der Waals surface area (Å²) in [4.78, 5) is 2.53. The lowest BCUT2D eigenvalue weighted by Gasteiger charge is -2.45. The molecule has 0 atom stereocenters. The largest absolute Gasteiger partial charge is 0.507 e. The highest BCUT2D eigenvalue weighted by atomic mass is 16.5. The van der Waals surface area contributed by atoms with Crippen molar-refractivity contribution in [3.8, 4) is 33.9 Å². The maximum atomic E-state index is 10.9. The number of aromatic nitrogens is 4. The topological polar surface area (TPSA) is 85.5 Å². The molecule has 0 amide bonds. The van der Waals surface area contributed by atoms with Crippen LogP contribution in [0.4, 0.5) is 0 Å². The Balaban J connectivity index is 1.20. The van der Waals surface area contributed by atoms with Crippen LogP contribution in [0.5, 0.6) is 11.5 Å². The van der Waals surface area contributed by atoms with E-state index in [-0.39, 0.29) is 5.75 Å². The molecule has 8 heteroatoms. The fourth-order valence-corrected chi connectivity index (χ4v) is 5.33. The fraction of sp³-hybridized carbons (Fsp3) is 0.393. The second kappa shape index (κ2) is 9.52. The summed E-state index contributed by atoms with van der Waals surface area (Å²) < 4.78 is 13.1. The fourth-order valence-electron chi connectivity index (χ4n) is 5.33. The van der Waals surface area contributed by atoms with Gasteiger partial charge in [-0.2, -0.15) is 15.3 Å². The van der Waals surface area contributed by atoms with Gasteiger partial charge in [-0.25, -0.2) is 0 Å². The number of benzene rings is 2.